The SMILES string of the molecule is COc1cccc(NC(=S)N[C@H]2CCSc3ccc(F)cc32)c1. The lowest BCUT2D eigenvalue weighted by Crippen LogP contribution is -2.34. The molecule has 6 heteroatoms. The number of methoxy groups -OCH3 is 1. The van der Waals surface area contributed by atoms with Crippen molar-refractivity contribution in [1.29, 1.82) is 0 Å². The van der Waals surface area contributed by atoms with Gasteiger partial charge in [0.25, 0.3) is 0 Å². The smallest absolute Gasteiger partial charge is 0.171 e. The quantitative estimate of drug-likeness (QED) is 0.806. The monoisotopic (exact) mass is 348 g/mol. The van der Waals surface area contributed by atoms with Crippen molar-refractivity contribution in [2.75, 3.05) is 18.2 Å². The largest absolute Gasteiger partial charge is 0.497 e. The van der Waals surface area contributed by atoms with E-state index < -0.39 is 0 Å². The van der Waals surface area contributed by atoms with Crippen molar-refractivity contribution in [3.8, 4) is 5.75 Å². The molecule has 0 saturated carbocycles. The number of anilines is 1. The Morgan fingerprint density at radius 2 is 2.17 bits per heavy atom. The highest BCUT2D eigenvalue weighted by molar-refractivity contribution is 7.99. The molecule has 2 aromatic rings. The fourth-order valence-electron chi connectivity index (χ4n) is 2.54. The number of rotatable bonds is 3. The third-order valence-corrected chi connectivity index (χ3v) is 4.99. The van der Waals surface area contributed by atoms with Crippen LogP contribution >= 0.6 is 24.0 Å². The Hall–Kier alpha value is -1.79. The molecule has 0 fully saturated rings. The maximum absolute atomic E-state index is 13.5. The van der Waals surface area contributed by atoms with Crippen LogP contribution < -0.4 is 15.4 Å². The van der Waals surface area contributed by atoms with Crippen molar-refractivity contribution in [3.63, 3.8) is 0 Å². The Labute approximate surface area is 144 Å². The minimum absolute atomic E-state index is 0.0209. The summed E-state index contributed by atoms with van der Waals surface area (Å²) >= 11 is 7.14. The lowest BCUT2D eigenvalue weighted by atomic mass is 10.0. The van der Waals surface area contributed by atoms with Crippen LogP contribution in [0.5, 0.6) is 5.75 Å². The zero-order valence-corrected chi connectivity index (χ0v) is 14.3. The van der Waals surface area contributed by atoms with Crippen LogP contribution in [0.2, 0.25) is 0 Å². The van der Waals surface area contributed by atoms with E-state index >= 15 is 0 Å². The minimum atomic E-state index is -0.218. The van der Waals surface area contributed by atoms with Gasteiger partial charge in [-0.2, -0.15) is 0 Å². The lowest BCUT2D eigenvalue weighted by Gasteiger charge is -2.27. The number of ether oxygens (including phenoxy) is 1. The lowest BCUT2D eigenvalue weighted by molar-refractivity contribution is 0.415. The molecule has 0 spiro atoms. The summed E-state index contributed by atoms with van der Waals surface area (Å²) in [6, 6.07) is 12.5. The molecule has 23 heavy (non-hydrogen) atoms. The van der Waals surface area contributed by atoms with Gasteiger partial charge >= 0.3 is 0 Å². The van der Waals surface area contributed by atoms with Crippen molar-refractivity contribution in [1.82, 2.24) is 5.32 Å². The summed E-state index contributed by atoms with van der Waals surface area (Å²) in [6.45, 7) is 0. The van der Waals surface area contributed by atoms with E-state index in [4.69, 9.17) is 17.0 Å². The van der Waals surface area contributed by atoms with Gasteiger partial charge in [0, 0.05) is 22.4 Å². The molecule has 2 N–H and O–H groups in total. The van der Waals surface area contributed by atoms with Crippen LogP contribution in [-0.2, 0) is 0 Å². The van der Waals surface area contributed by atoms with Crippen molar-refractivity contribution in [2.24, 2.45) is 0 Å². The van der Waals surface area contributed by atoms with Gasteiger partial charge in [-0.3, -0.25) is 0 Å². The Morgan fingerprint density at radius 1 is 1.30 bits per heavy atom. The molecular formula is C17H17FN2OS2. The van der Waals surface area contributed by atoms with E-state index in [9.17, 15) is 4.39 Å². The second kappa shape index (κ2) is 7.19. The molecule has 120 valence electrons. The third-order valence-electron chi connectivity index (χ3n) is 3.64. The Kier molecular flexibility index (Phi) is 5.03. The highest BCUT2D eigenvalue weighted by Gasteiger charge is 2.22. The van der Waals surface area contributed by atoms with E-state index in [1.807, 2.05) is 30.3 Å². The highest BCUT2D eigenvalue weighted by Crippen LogP contribution is 2.36. The molecule has 0 unspecified atom stereocenters. The molecule has 1 aliphatic rings. The van der Waals surface area contributed by atoms with E-state index in [1.165, 1.54) is 6.07 Å². The van der Waals surface area contributed by atoms with Gasteiger partial charge in [0.05, 0.1) is 13.2 Å². The zero-order chi connectivity index (χ0) is 16.2. The first kappa shape index (κ1) is 16.1. The number of hydrogen-bond acceptors (Lipinski definition) is 3. The topological polar surface area (TPSA) is 33.3 Å². The Balaban J connectivity index is 1.70. The molecule has 0 saturated heterocycles. The van der Waals surface area contributed by atoms with Crippen molar-refractivity contribution in [2.45, 2.75) is 17.4 Å². The van der Waals surface area contributed by atoms with Crippen LogP contribution in [0, 0.1) is 5.82 Å². The second-order valence-electron chi connectivity index (χ2n) is 5.20. The van der Waals surface area contributed by atoms with Crippen LogP contribution in [0.3, 0.4) is 0 Å². The van der Waals surface area contributed by atoms with Crippen LogP contribution in [0.25, 0.3) is 0 Å². The zero-order valence-electron chi connectivity index (χ0n) is 12.6. The number of fused-ring (bicyclic) bond motifs is 1. The number of halogens is 1. The number of nitrogens with one attached hydrogen (secondary N) is 2. The normalized spacial score (nSPS) is 16.3. The third kappa shape index (κ3) is 3.95. The molecule has 0 bridgehead atoms. The maximum atomic E-state index is 13.5. The first-order valence-electron chi connectivity index (χ1n) is 7.29. The van der Waals surface area contributed by atoms with E-state index in [1.54, 1.807) is 24.9 Å². The van der Waals surface area contributed by atoms with E-state index in [-0.39, 0.29) is 11.9 Å². The van der Waals surface area contributed by atoms with Crippen LogP contribution in [-0.4, -0.2) is 18.0 Å². The van der Waals surface area contributed by atoms with E-state index in [2.05, 4.69) is 10.6 Å². The Bertz CT molecular complexity index is 723. The highest BCUT2D eigenvalue weighted by atomic mass is 32.2. The predicted octanol–water partition coefficient (Wildman–Crippen LogP) is 4.36. The fraction of sp³-hybridized carbons (Fsp3) is 0.235. The van der Waals surface area contributed by atoms with Crippen molar-refractivity contribution < 1.29 is 9.13 Å². The molecule has 0 radical (unpaired) electrons. The average molecular weight is 348 g/mol. The summed E-state index contributed by atoms with van der Waals surface area (Å²) in [5.41, 5.74) is 1.82. The van der Waals surface area contributed by atoms with E-state index in [0.29, 0.717) is 5.11 Å². The summed E-state index contributed by atoms with van der Waals surface area (Å²) in [5.74, 6) is 1.53. The van der Waals surface area contributed by atoms with Gasteiger partial charge in [-0.05, 0) is 54.5 Å². The Morgan fingerprint density at radius 3 is 3.00 bits per heavy atom. The average Bonchev–Trinajstić information content (AvgIpc) is 2.55. The molecule has 0 aliphatic carbocycles. The molecule has 2 aromatic carbocycles. The van der Waals surface area contributed by atoms with Gasteiger partial charge in [0.1, 0.15) is 11.6 Å². The van der Waals surface area contributed by atoms with Gasteiger partial charge in [-0.15, -0.1) is 11.8 Å². The van der Waals surface area contributed by atoms with Crippen molar-refractivity contribution in [3.05, 3.63) is 53.8 Å². The van der Waals surface area contributed by atoms with Gasteiger partial charge in [-0.1, -0.05) is 6.07 Å². The minimum Gasteiger partial charge on any atom is -0.497 e. The molecular weight excluding hydrogens is 331 g/mol. The van der Waals surface area contributed by atoms with Crippen LogP contribution in [0.4, 0.5) is 10.1 Å². The van der Waals surface area contributed by atoms with Gasteiger partial charge in [-0.25, -0.2) is 4.39 Å². The predicted molar refractivity (Wildman–Crippen MR) is 96.8 cm³/mol. The molecule has 1 heterocycles. The van der Waals surface area contributed by atoms with Crippen LogP contribution in [0.15, 0.2) is 47.4 Å². The molecule has 1 atom stereocenters. The van der Waals surface area contributed by atoms with Gasteiger partial charge in [0.2, 0.25) is 0 Å². The first-order chi connectivity index (χ1) is 11.2. The van der Waals surface area contributed by atoms with E-state index in [0.717, 1.165) is 34.1 Å². The van der Waals surface area contributed by atoms with Gasteiger partial charge < -0.3 is 15.4 Å². The number of hydrogen-bond donors (Lipinski definition) is 2. The van der Waals surface area contributed by atoms with Crippen molar-refractivity contribution >= 4 is 34.8 Å². The molecule has 0 amide bonds. The second-order valence-corrected chi connectivity index (χ2v) is 6.75. The summed E-state index contributed by atoms with van der Waals surface area (Å²) in [4.78, 5) is 1.11. The summed E-state index contributed by atoms with van der Waals surface area (Å²) < 4.78 is 18.7. The standard InChI is InChI=1S/C17H17FN2OS2/c1-21-13-4-2-3-12(10-13)19-17(22)20-15-7-8-23-16-6-5-11(18)9-14(15)16/h2-6,9-10,15H,7-8H2,1H3,(H2,19,20,22)/t15-/m0/s1. The molecule has 1 aliphatic heterocycles. The number of thioether (sulfide) groups is 1. The maximum Gasteiger partial charge on any atom is 0.171 e. The summed E-state index contributed by atoms with van der Waals surface area (Å²) in [7, 11) is 1.63. The number of thiocarbonyl (C=S) groups is 1. The molecule has 3 rings (SSSR count). The molecule has 0 aromatic heterocycles. The number of benzene rings is 2. The fourth-order valence-corrected chi connectivity index (χ4v) is 3.91. The summed E-state index contributed by atoms with van der Waals surface area (Å²) in [6.07, 6.45) is 0.904. The molecule has 3 nitrogen and oxygen atoms in total. The van der Waals surface area contributed by atoms with Crippen LogP contribution in [0.1, 0.15) is 18.0 Å². The summed E-state index contributed by atoms with van der Waals surface area (Å²) in [5, 5.41) is 6.96. The first-order valence-corrected chi connectivity index (χ1v) is 8.69. The van der Waals surface area contributed by atoms with Gasteiger partial charge in [0.15, 0.2) is 5.11 Å².